The van der Waals surface area contributed by atoms with E-state index in [1.165, 1.54) is 31.2 Å². The molecule has 16 heavy (non-hydrogen) atoms. The fourth-order valence-corrected chi connectivity index (χ4v) is 1.95. The van der Waals surface area contributed by atoms with Crippen molar-refractivity contribution in [2.75, 3.05) is 6.61 Å². The van der Waals surface area contributed by atoms with E-state index in [-0.39, 0.29) is 5.54 Å². The summed E-state index contributed by atoms with van der Waals surface area (Å²) in [7, 11) is 0. The fraction of sp³-hybridized carbons (Fsp3) is 0.571. The van der Waals surface area contributed by atoms with Gasteiger partial charge in [0.15, 0.2) is 0 Å². The van der Waals surface area contributed by atoms with Gasteiger partial charge in [0.2, 0.25) is 0 Å². The first kappa shape index (κ1) is 10.2. The van der Waals surface area contributed by atoms with Crippen molar-refractivity contribution in [3.05, 3.63) is 29.8 Å². The molecule has 0 heterocycles. The monoisotopic (exact) mass is 217 g/mol. The molecule has 0 radical (unpaired) electrons. The number of benzene rings is 1. The van der Waals surface area contributed by atoms with E-state index in [1.807, 2.05) is 0 Å². The van der Waals surface area contributed by atoms with E-state index in [2.05, 4.69) is 24.3 Å². The second-order valence-electron chi connectivity index (χ2n) is 5.44. The highest BCUT2D eigenvalue weighted by Gasteiger charge is 2.37. The molecule has 2 aliphatic carbocycles. The molecule has 0 unspecified atom stereocenters. The van der Waals surface area contributed by atoms with E-state index in [4.69, 9.17) is 10.5 Å². The minimum atomic E-state index is 0.108. The van der Waals surface area contributed by atoms with Crippen LogP contribution in [-0.4, -0.2) is 12.1 Å². The van der Waals surface area contributed by atoms with Gasteiger partial charge in [-0.3, -0.25) is 0 Å². The maximum absolute atomic E-state index is 6.09. The molecular weight excluding hydrogens is 198 g/mol. The van der Waals surface area contributed by atoms with Crippen molar-refractivity contribution in [2.24, 2.45) is 11.7 Å². The van der Waals surface area contributed by atoms with Crippen LogP contribution in [0.5, 0.6) is 5.75 Å². The average Bonchev–Trinajstić information content (AvgIpc) is 3.16. The first-order valence-electron chi connectivity index (χ1n) is 6.24. The van der Waals surface area contributed by atoms with Crippen molar-refractivity contribution in [1.82, 2.24) is 0 Å². The Labute approximate surface area is 96.8 Å². The zero-order valence-corrected chi connectivity index (χ0v) is 9.61. The van der Waals surface area contributed by atoms with Gasteiger partial charge >= 0.3 is 0 Å². The third-order valence-corrected chi connectivity index (χ3v) is 3.55. The Hall–Kier alpha value is -1.02. The van der Waals surface area contributed by atoms with E-state index >= 15 is 0 Å². The number of hydrogen-bond donors (Lipinski definition) is 1. The quantitative estimate of drug-likeness (QED) is 0.822. The van der Waals surface area contributed by atoms with E-state index in [1.54, 1.807) is 0 Å². The van der Waals surface area contributed by atoms with Crippen LogP contribution in [0.2, 0.25) is 0 Å². The molecule has 0 aromatic heterocycles. The lowest BCUT2D eigenvalue weighted by molar-refractivity contribution is 0.299. The van der Waals surface area contributed by atoms with Crippen LogP contribution in [0.15, 0.2) is 24.3 Å². The Morgan fingerprint density at radius 1 is 1.19 bits per heavy atom. The highest BCUT2D eigenvalue weighted by atomic mass is 16.5. The van der Waals surface area contributed by atoms with Gasteiger partial charge in [0.1, 0.15) is 5.75 Å². The first-order chi connectivity index (χ1) is 7.73. The molecule has 86 valence electrons. The van der Waals surface area contributed by atoms with E-state index < -0.39 is 0 Å². The van der Waals surface area contributed by atoms with Gasteiger partial charge in [-0.05, 0) is 55.7 Å². The normalized spacial score (nSPS) is 21.8. The van der Waals surface area contributed by atoms with Gasteiger partial charge in [-0.25, -0.2) is 0 Å². The lowest BCUT2D eigenvalue weighted by atomic mass is 10.1. The van der Waals surface area contributed by atoms with Crippen LogP contribution in [0, 0.1) is 5.92 Å². The van der Waals surface area contributed by atoms with Gasteiger partial charge in [0.25, 0.3) is 0 Å². The minimum absolute atomic E-state index is 0.108. The van der Waals surface area contributed by atoms with E-state index in [9.17, 15) is 0 Å². The molecule has 2 N–H and O–H groups in total. The van der Waals surface area contributed by atoms with Gasteiger partial charge in [-0.2, -0.15) is 0 Å². The molecule has 0 bridgehead atoms. The Balaban J connectivity index is 1.55. The fourth-order valence-electron chi connectivity index (χ4n) is 1.95. The Bertz CT molecular complexity index is 363. The summed E-state index contributed by atoms with van der Waals surface area (Å²) in [5.74, 6) is 1.82. The maximum Gasteiger partial charge on any atom is 0.119 e. The molecule has 2 aliphatic rings. The van der Waals surface area contributed by atoms with Crippen molar-refractivity contribution in [3.63, 3.8) is 0 Å². The zero-order chi connectivity index (χ0) is 11.0. The summed E-state index contributed by atoms with van der Waals surface area (Å²) in [6.45, 7) is 0.889. The predicted octanol–water partition coefficient (Wildman–Crippen LogP) is 2.51. The van der Waals surface area contributed by atoms with Gasteiger partial charge in [-0.15, -0.1) is 0 Å². The SMILES string of the molecule is NC1(Cc2ccc(OCC3CC3)cc2)CC1. The summed E-state index contributed by atoms with van der Waals surface area (Å²) in [6.07, 6.45) is 6.04. The Morgan fingerprint density at radius 3 is 2.44 bits per heavy atom. The maximum atomic E-state index is 6.09. The summed E-state index contributed by atoms with van der Waals surface area (Å²) in [5.41, 5.74) is 7.53. The molecule has 0 spiro atoms. The molecule has 2 heteroatoms. The van der Waals surface area contributed by atoms with Crippen molar-refractivity contribution in [1.29, 1.82) is 0 Å². The van der Waals surface area contributed by atoms with Gasteiger partial charge in [0.05, 0.1) is 6.61 Å². The van der Waals surface area contributed by atoms with Gasteiger partial charge < -0.3 is 10.5 Å². The number of ether oxygens (including phenoxy) is 1. The molecule has 2 saturated carbocycles. The van der Waals surface area contributed by atoms with Crippen molar-refractivity contribution < 1.29 is 4.74 Å². The molecule has 3 rings (SSSR count). The molecule has 1 aromatic rings. The molecule has 1 aromatic carbocycles. The standard InChI is InChI=1S/C14H19NO/c15-14(7-8-14)9-11-3-5-13(6-4-11)16-10-12-1-2-12/h3-6,12H,1-2,7-10,15H2. The molecule has 2 fully saturated rings. The van der Waals surface area contributed by atoms with Crippen molar-refractivity contribution in [2.45, 2.75) is 37.6 Å². The summed E-state index contributed by atoms with van der Waals surface area (Å²) in [4.78, 5) is 0. The second-order valence-corrected chi connectivity index (χ2v) is 5.44. The molecule has 0 amide bonds. The summed E-state index contributed by atoms with van der Waals surface area (Å²) < 4.78 is 5.70. The van der Waals surface area contributed by atoms with Crippen molar-refractivity contribution >= 4 is 0 Å². The summed E-state index contributed by atoms with van der Waals surface area (Å²) in [6, 6.07) is 8.44. The van der Waals surface area contributed by atoms with Crippen molar-refractivity contribution in [3.8, 4) is 5.75 Å². The van der Waals surface area contributed by atoms with Crippen LogP contribution in [0.3, 0.4) is 0 Å². The molecule has 2 nitrogen and oxygen atoms in total. The largest absolute Gasteiger partial charge is 0.493 e. The minimum Gasteiger partial charge on any atom is -0.493 e. The van der Waals surface area contributed by atoms with Crippen LogP contribution in [0.1, 0.15) is 31.2 Å². The third-order valence-electron chi connectivity index (χ3n) is 3.55. The lowest BCUT2D eigenvalue weighted by Gasteiger charge is -2.09. The van der Waals surface area contributed by atoms with E-state index in [0.29, 0.717) is 0 Å². The average molecular weight is 217 g/mol. The molecular formula is C14H19NO. The molecule has 0 atom stereocenters. The topological polar surface area (TPSA) is 35.2 Å². The number of nitrogens with two attached hydrogens (primary N) is 1. The van der Waals surface area contributed by atoms with Crippen LogP contribution in [-0.2, 0) is 6.42 Å². The lowest BCUT2D eigenvalue weighted by Crippen LogP contribution is -2.24. The third kappa shape index (κ3) is 2.56. The Kier molecular flexibility index (Phi) is 2.40. The second kappa shape index (κ2) is 3.77. The molecule has 0 aliphatic heterocycles. The molecule has 0 saturated heterocycles. The summed E-state index contributed by atoms with van der Waals surface area (Å²) >= 11 is 0. The number of hydrogen-bond acceptors (Lipinski definition) is 2. The van der Waals surface area contributed by atoms with Gasteiger partial charge in [0, 0.05) is 5.54 Å². The Morgan fingerprint density at radius 2 is 1.88 bits per heavy atom. The highest BCUT2D eigenvalue weighted by molar-refractivity contribution is 5.29. The summed E-state index contributed by atoms with van der Waals surface area (Å²) in [5, 5.41) is 0. The highest BCUT2D eigenvalue weighted by Crippen LogP contribution is 2.36. The zero-order valence-electron chi connectivity index (χ0n) is 9.61. The van der Waals surface area contributed by atoms with Crippen LogP contribution in [0.4, 0.5) is 0 Å². The van der Waals surface area contributed by atoms with Gasteiger partial charge in [-0.1, -0.05) is 12.1 Å². The van der Waals surface area contributed by atoms with Crippen LogP contribution >= 0.6 is 0 Å². The first-order valence-corrected chi connectivity index (χ1v) is 6.24. The van der Waals surface area contributed by atoms with Crippen LogP contribution in [0.25, 0.3) is 0 Å². The van der Waals surface area contributed by atoms with E-state index in [0.717, 1.165) is 24.7 Å². The smallest absolute Gasteiger partial charge is 0.119 e. The number of rotatable bonds is 5. The predicted molar refractivity (Wildman–Crippen MR) is 64.5 cm³/mol. The van der Waals surface area contributed by atoms with Crippen LogP contribution < -0.4 is 10.5 Å².